The van der Waals surface area contributed by atoms with E-state index in [1.54, 1.807) is 0 Å². The number of carbonyl (C=O) groups excluding carboxylic acids is 2. The number of rotatable bonds is 33. The van der Waals surface area contributed by atoms with Gasteiger partial charge in [-0.2, -0.15) is 0 Å². The standard InChI is InChI=1S/C39H76N2O10/c1-3-5-6-7-8-9-10-11-13-16-19-22-25-31(43)35(46)30(29-50-39-38(49)37(48)36(47)32(28-42)51-39)41-34(45)26-23-20-17-14-12-15-18-21-24-27-40-33(44)4-2/h30-32,35-39,42-43,46-49H,3-29H2,1-2H3,(H,40,44)(H,41,45)/t30-,31+,32?,35-,36-,37?,38-,39-/m0/s1. The van der Waals surface area contributed by atoms with Gasteiger partial charge in [-0.05, 0) is 19.3 Å². The smallest absolute Gasteiger partial charge is 0.220 e. The molecule has 1 aliphatic rings. The van der Waals surface area contributed by atoms with Gasteiger partial charge >= 0.3 is 0 Å². The quantitative estimate of drug-likeness (QED) is 0.0444. The second-order valence-electron chi connectivity index (χ2n) is 14.6. The summed E-state index contributed by atoms with van der Waals surface area (Å²) in [7, 11) is 0. The van der Waals surface area contributed by atoms with Crippen LogP contribution >= 0.6 is 0 Å². The lowest BCUT2D eigenvalue weighted by Gasteiger charge is -2.40. The summed E-state index contributed by atoms with van der Waals surface area (Å²) < 4.78 is 11.1. The molecule has 0 spiro atoms. The Morgan fingerprint density at radius 1 is 0.667 bits per heavy atom. The summed E-state index contributed by atoms with van der Waals surface area (Å²) in [5, 5.41) is 67.7. The van der Waals surface area contributed by atoms with Crippen LogP contribution in [0, 0.1) is 0 Å². The average molecular weight is 733 g/mol. The third-order valence-electron chi connectivity index (χ3n) is 10.0. The van der Waals surface area contributed by atoms with Crippen molar-refractivity contribution in [2.75, 3.05) is 19.8 Å². The van der Waals surface area contributed by atoms with E-state index >= 15 is 0 Å². The Bertz CT molecular complexity index is 851. The van der Waals surface area contributed by atoms with Crippen molar-refractivity contribution in [3.8, 4) is 0 Å². The number of hydrogen-bond acceptors (Lipinski definition) is 10. The van der Waals surface area contributed by atoms with Crippen molar-refractivity contribution in [3.63, 3.8) is 0 Å². The van der Waals surface area contributed by atoms with Crippen LogP contribution in [0.4, 0.5) is 0 Å². The lowest BCUT2D eigenvalue weighted by atomic mass is 9.98. The van der Waals surface area contributed by atoms with Gasteiger partial charge in [0, 0.05) is 19.4 Å². The highest BCUT2D eigenvalue weighted by molar-refractivity contribution is 5.76. The lowest BCUT2D eigenvalue weighted by molar-refractivity contribution is -0.303. The topological polar surface area (TPSA) is 198 Å². The molecule has 1 saturated heterocycles. The first-order chi connectivity index (χ1) is 24.7. The minimum atomic E-state index is -1.62. The van der Waals surface area contributed by atoms with Crippen LogP contribution in [-0.2, 0) is 19.1 Å². The van der Waals surface area contributed by atoms with Crippen LogP contribution in [-0.4, -0.2) is 111 Å². The number of amides is 2. The van der Waals surface area contributed by atoms with E-state index in [1.807, 2.05) is 6.92 Å². The maximum Gasteiger partial charge on any atom is 0.220 e. The Balaban J connectivity index is 2.45. The van der Waals surface area contributed by atoms with Gasteiger partial charge in [-0.25, -0.2) is 0 Å². The first-order valence-corrected chi connectivity index (χ1v) is 20.5. The first kappa shape index (κ1) is 47.6. The Morgan fingerprint density at radius 2 is 1.18 bits per heavy atom. The monoisotopic (exact) mass is 733 g/mol. The van der Waals surface area contributed by atoms with Crippen LogP contribution in [0.25, 0.3) is 0 Å². The van der Waals surface area contributed by atoms with E-state index in [1.165, 1.54) is 51.4 Å². The number of ether oxygens (including phenoxy) is 2. The van der Waals surface area contributed by atoms with Crippen molar-refractivity contribution in [2.45, 2.75) is 217 Å². The molecule has 0 radical (unpaired) electrons. The molecule has 0 aromatic carbocycles. The highest BCUT2D eigenvalue weighted by atomic mass is 16.7. The third kappa shape index (κ3) is 22.4. The molecule has 12 nitrogen and oxygen atoms in total. The van der Waals surface area contributed by atoms with Crippen molar-refractivity contribution in [2.24, 2.45) is 0 Å². The molecule has 1 fully saturated rings. The first-order valence-electron chi connectivity index (χ1n) is 20.5. The molecule has 0 aromatic heterocycles. The van der Waals surface area contributed by atoms with Gasteiger partial charge in [0.15, 0.2) is 6.29 Å². The number of nitrogens with one attached hydrogen (secondary N) is 2. The number of aliphatic hydroxyl groups excluding tert-OH is 6. The van der Waals surface area contributed by atoms with Crippen molar-refractivity contribution in [1.29, 1.82) is 0 Å². The number of unbranched alkanes of at least 4 members (excludes halogenated alkanes) is 19. The van der Waals surface area contributed by atoms with Crippen molar-refractivity contribution in [3.05, 3.63) is 0 Å². The van der Waals surface area contributed by atoms with E-state index in [9.17, 15) is 40.2 Å². The van der Waals surface area contributed by atoms with E-state index in [2.05, 4.69) is 17.6 Å². The molecule has 2 amide bonds. The molecule has 0 saturated carbocycles. The maximum atomic E-state index is 12.9. The van der Waals surface area contributed by atoms with Crippen molar-refractivity contribution >= 4 is 11.8 Å². The van der Waals surface area contributed by atoms with Crippen LogP contribution in [0.3, 0.4) is 0 Å². The van der Waals surface area contributed by atoms with Gasteiger partial charge in [0.2, 0.25) is 11.8 Å². The predicted molar refractivity (Wildman–Crippen MR) is 199 cm³/mol. The molecular weight excluding hydrogens is 656 g/mol. The van der Waals surface area contributed by atoms with E-state index in [0.717, 1.165) is 83.6 Å². The molecule has 8 atom stereocenters. The summed E-state index contributed by atoms with van der Waals surface area (Å²) >= 11 is 0. The average Bonchev–Trinajstić information content (AvgIpc) is 3.13. The second-order valence-corrected chi connectivity index (χ2v) is 14.6. The van der Waals surface area contributed by atoms with E-state index in [4.69, 9.17) is 9.47 Å². The van der Waals surface area contributed by atoms with Crippen molar-refractivity contribution < 1.29 is 49.7 Å². The number of hydrogen-bond donors (Lipinski definition) is 8. The molecule has 0 aliphatic carbocycles. The fourth-order valence-electron chi connectivity index (χ4n) is 6.54. The van der Waals surface area contributed by atoms with Gasteiger partial charge in [0.25, 0.3) is 0 Å². The third-order valence-corrected chi connectivity index (χ3v) is 10.0. The molecule has 2 unspecified atom stereocenters. The van der Waals surface area contributed by atoms with Gasteiger partial charge in [0.1, 0.15) is 30.5 Å². The Labute approximate surface area is 308 Å². The molecule has 0 aromatic rings. The zero-order chi connectivity index (χ0) is 37.7. The van der Waals surface area contributed by atoms with Crippen molar-refractivity contribution in [1.82, 2.24) is 10.6 Å². The van der Waals surface area contributed by atoms with Crippen LogP contribution in [0.5, 0.6) is 0 Å². The molecule has 12 heteroatoms. The fourth-order valence-corrected chi connectivity index (χ4v) is 6.54. The van der Waals surface area contributed by atoms with Crippen LogP contribution in [0.1, 0.15) is 168 Å². The summed E-state index contributed by atoms with van der Waals surface area (Å²) in [6, 6.07) is -1.01. The highest BCUT2D eigenvalue weighted by Gasteiger charge is 2.44. The zero-order valence-electron chi connectivity index (χ0n) is 32.0. The number of carbonyl (C=O) groups is 2. The summed E-state index contributed by atoms with van der Waals surface area (Å²) in [5.74, 6) is -0.191. The van der Waals surface area contributed by atoms with Crippen LogP contribution in [0.2, 0.25) is 0 Å². The van der Waals surface area contributed by atoms with E-state index in [-0.39, 0.29) is 24.8 Å². The molecule has 302 valence electrons. The zero-order valence-corrected chi connectivity index (χ0v) is 32.0. The maximum absolute atomic E-state index is 12.9. The number of aliphatic hydroxyl groups is 6. The molecule has 51 heavy (non-hydrogen) atoms. The minimum Gasteiger partial charge on any atom is -0.394 e. The van der Waals surface area contributed by atoms with Gasteiger partial charge in [-0.1, -0.05) is 136 Å². The SMILES string of the molecule is CCCCCCCCCCCCCC[C@@H](O)[C@@H](O)[C@H](CO[C@H]1OC(CO)[C@H](O)C(O)[C@@H]1O)NC(=O)CCCCCCCCCCCNC(=O)CC. The van der Waals surface area contributed by atoms with Gasteiger partial charge < -0.3 is 50.7 Å². The molecule has 1 heterocycles. The van der Waals surface area contributed by atoms with Gasteiger partial charge in [-0.15, -0.1) is 0 Å². The minimum absolute atomic E-state index is 0.0967. The van der Waals surface area contributed by atoms with Crippen LogP contribution < -0.4 is 10.6 Å². The lowest BCUT2D eigenvalue weighted by Crippen LogP contribution is -2.60. The molecular formula is C39H76N2O10. The van der Waals surface area contributed by atoms with Gasteiger partial charge in [-0.3, -0.25) is 9.59 Å². The van der Waals surface area contributed by atoms with Crippen LogP contribution in [0.15, 0.2) is 0 Å². The molecule has 8 N–H and O–H groups in total. The molecule has 1 aliphatic heterocycles. The summed E-state index contributed by atoms with van der Waals surface area (Å²) in [6.45, 7) is 3.89. The second kappa shape index (κ2) is 31.0. The Kier molecular flexibility index (Phi) is 29.0. The van der Waals surface area contributed by atoms with Gasteiger partial charge in [0.05, 0.1) is 25.4 Å². The van der Waals surface area contributed by atoms with E-state index in [0.29, 0.717) is 19.3 Å². The predicted octanol–water partition coefficient (Wildman–Crippen LogP) is 4.53. The fraction of sp³-hybridized carbons (Fsp3) is 0.949. The molecule has 1 rings (SSSR count). The summed E-state index contributed by atoms with van der Waals surface area (Å²) in [4.78, 5) is 24.2. The normalized spacial score (nSPS) is 22.4. The Morgan fingerprint density at radius 3 is 1.71 bits per heavy atom. The molecule has 0 bridgehead atoms. The van der Waals surface area contributed by atoms with E-state index < -0.39 is 55.6 Å². The highest BCUT2D eigenvalue weighted by Crippen LogP contribution is 2.23. The Hall–Kier alpha value is -1.38. The summed E-state index contributed by atoms with van der Waals surface area (Å²) in [5.41, 5.74) is 0. The largest absolute Gasteiger partial charge is 0.394 e. The summed E-state index contributed by atoms with van der Waals surface area (Å²) in [6.07, 6.45) is 14.8.